The predicted octanol–water partition coefficient (Wildman–Crippen LogP) is 1.07. The fourth-order valence-corrected chi connectivity index (χ4v) is 2.22. The quantitative estimate of drug-likeness (QED) is 0.628. The number of nitrogens with one attached hydrogen (secondary N) is 2. The zero-order chi connectivity index (χ0) is 13.8. The maximum Gasteiger partial charge on any atom is 0.269 e. The van der Waals surface area contributed by atoms with Gasteiger partial charge in [-0.15, -0.1) is 0 Å². The van der Waals surface area contributed by atoms with Crippen molar-refractivity contribution in [3.8, 4) is 0 Å². The number of hydrogen-bond donors (Lipinski definition) is 2. The zero-order valence-corrected chi connectivity index (χ0v) is 10.8. The Hall–Kier alpha value is -1.95. The third kappa shape index (κ3) is 3.29. The van der Waals surface area contributed by atoms with Gasteiger partial charge in [-0.05, 0) is 18.0 Å². The van der Waals surface area contributed by atoms with Gasteiger partial charge in [-0.25, -0.2) is 0 Å². The number of carbonyl (C=O) groups excluding carboxylic acids is 1. The van der Waals surface area contributed by atoms with Crippen molar-refractivity contribution in [2.45, 2.75) is 13.5 Å². The average Bonchev–Trinajstić information content (AvgIpc) is 2.83. The summed E-state index contributed by atoms with van der Waals surface area (Å²) in [5.41, 5.74) is 0.918. The van der Waals surface area contributed by atoms with E-state index in [4.69, 9.17) is 0 Å². The van der Waals surface area contributed by atoms with Gasteiger partial charge in [-0.2, -0.15) is 0 Å². The second-order valence-electron chi connectivity index (χ2n) is 4.88. The Morgan fingerprint density at radius 2 is 2.11 bits per heavy atom. The summed E-state index contributed by atoms with van der Waals surface area (Å²) in [6, 6.07) is 6.21. The number of nitro benzene ring substituents is 1. The lowest BCUT2D eigenvalue weighted by atomic mass is 9.97. The van der Waals surface area contributed by atoms with E-state index in [1.165, 1.54) is 12.1 Å². The summed E-state index contributed by atoms with van der Waals surface area (Å²) in [5.74, 6) is 0.394. The third-order valence-corrected chi connectivity index (χ3v) is 3.47. The Kier molecular flexibility index (Phi) is 4.11. The van der Waals surface area contributed by atoms with Crippen LogP contribution in [0.15, 0.2) is 24.3 Å². The van der Waals surface area contributed by atoms with Crippen LogP contribution >= 0.6 is 0 Å². The van der Waals surface area contributed by atoms with Gasteiger partial charge in [0.05, 0.1) is 10.8 Å². The molecule has 0 radical (unpaired) electrons. The van der Waals surface area contributed by atoms with Crippen LogP contribution in [0, 0.1) is 22.0 Å². The minimum atomic E-state index is -0.436. The molecule has 0 spiro atoms. The minimum Gasteiger partial charge on any atom is -0.352 e. The molecule has 0 aliphatic carbocycles. The van der Waals surface area contributed by atoms with Gasteiger partial charge in [-0.3, -0.25) is 14.9 Å². The molecule has 0 bridgehead atoms. The molecular formula is C13H17N3O3. The van der Waals surface area contributed by atoms with E-state index in [2.05, 4.69) is 17.6 Å². The average molecular weight is 263 g/mol. The largest absolute Gasteiger partial charge is 0.352 e. The smallest absolute Gasteiger partial charge is 0.269 e. The lowest BCUT2D eigenvalue weighted by Gasteiger charge is -2.14. The van der Waals surface area contributed by atoms with Crippen molar-refractivity contribution in [1.29, 1.82) is 0 Å². The number of non-ortho nitro benzene ring substituents is 1. The molecule has 102 valence electrons. The van der Waals surface area contributed by atoms with Gasteiger partial charge in [0, 0.05) is 25.2 Å². The van der Waals surface area contributed by atoms with Crippen LogP contribution in [-0.4, -0.2) is 23.9 Å². The standard InChI is InChI=1S/C13H17N3O3/c1-9-6-14-8-12(9)13(17)15-7-10-2-4-11(5-3-10)16(18)19/h2-5,9,12,14H,6-8H2,1H3,(H,15,17)/t9-,12-/m1/s1. The maximum atomic E-state index is 11.9. The van der Waals surface area contributed by atoms with Crippen LogP contribution in [0.5, 0.6) is 0 Å². The molecule has 1 aliphatic heterocycles. The van der Waals surface area contributed by atoms with Crippen molar-refractivity contribution in [3.05, 3.63) is 39.9 Å². The lowest BCUT2D eigenvalue weighted by Crippen LogP contribution is -2.33. The molecule has 1 aromatic rings. The number of hydrogen-bond acceptors (Lipinski definition) is 4. The maximum absolute atomic E-state index is 11.9. The van der Waals surface area contributed by atoms with Gasteiger partial charge < -0.3 is 10.6 Å². The molecule has 1 aliphatic rings. The van der Waals surface area contributed by atoms with E-state index in [9.17, 15) is 14.9 Å². The number of benzene rings is 1. The molecule has 6 nitrogen and oxygen atoms in total. The Morgan fingerprint density at radius 3 is 2.63 bits per heavy atom. The Labute approximate surface area is 111 Å². The highest BCUT2D eigenvalue weighted by Gasteiger charge is 2.29. The van der Waals surface area contributed by atoms with Crippen LogP contribution in [0.4, 0.5) is 5.69 Å². The summed E-state index contributed by atoms with van der Waals surface area (Å²) in [5, 5.41) is 16.6. The molecule has 19 heavy (non-hydrogen) atoms. The molecule has 2 atom stereocenters. The SMILES string of the molecule is C[C@@H]1CNC[C@H]1C(=O)NCc1ccc([N+](=O)[O-])cc1. The number of nitrogens with zero attached hydrogens (tertiary/aromatic N) is 1. The molecule has 2 N–H and O–H groups in total. The minimum absolute atomic E-state index is 0.0121. The summed E-state index contributed by atoms with van der Waals surface area (Å²) in [6.07, 6.45) is 0. The van der Waals surface area contributed by atoms with Gasteiger partial charge in [-0.1, -0.05) is 19.1 Å². The van der Waals surface area contributed by atoms with Gasteiger partial charge in [0.15, 0.2) is 0 Å². The Bertz CT molecular complexity index is 473. The fraction of sp³-hybridized carbons (Fsp3) is 0.462. The topological polar surface area (TPSA) is 84.3 Å². The molecule has 0 unspecified atom stereocenters. The molecule has 0 saturated carbocycles. The molecule has 2 rings (SSSR count). The first kappa shape index (κ1) is 13.5. The highest BCUT2D eigenvalue weighted by Crippen LogP contribution is 2.16. The first-order valence-corrected chi connectivity index (χ1v) is 6.29. The number of nitro groups is 1. The van der Waals surface area contributed by atoms with Crippen molar-refractivity contribution < 1.29 is 9.72 Å². The molecule has 1 amide bonds. The molecule has 1 saturated heterocycles. The van der Waals surface area contributed by atoms with E-state index in [1.807, 2.05) is 0 Å². The van der Waals surface area contributed by atoms with Crippen LogP contribution in [0.1, 0.15) is 12.5 Å². The summed E-state index contributed by atoms with van der Waals surface area (Å²) >= 11 is 0. The number of amides is 1. The normalized spacial score (nSPS) is 22.2. The van der Waals surface area contributed by atoms with E-state index in [0.717, 1.165) is 12.1 Å². The van der Waals surface area contributed by atoms with Crippen molar-refractivity contribution in [2.75, 3.05) is 13.1 Å². The van der Waals surface area contributed by atoms with E-state index >= 15 is 0 Å². The fourth-order valence-electron chi connectivity index (χ4n) is 2.22. The molecule has 6 heteroatoms. The van der Waals surface area contributed by atoms with Gasteiger partial charge >= 0.3 is 0 Å². The zero-order valence-electron chi connectivity index (χ0n) is 10.8. The van der Waals surface area contributed by atoms with Gasteiger partial charge in [0.2, 0.25) is 5.91 Å². The Balaban J connectivity index is 1.88. The second kappa shape index (κ2) is 5.79. The molecule has 1 aromatic carbocycles. The summed E-state index contributed by atoms with van der Waals surface area (Å²) in [7, 11) is 0. The van der Waals surface area contributed by atoms with Crippen molar-refractivity contribution in [2.24, 2.45) is 11.8 Å². The lowest BCUT2D eigenvalue weighted by molar-refractivity contribution is -0.384. The van der Waals surface area contributed by atoms with Crippen LogP contribution in [0.2, 0.25) is 0 Å². The van der Waals surface area contributed by atoms with E-state index in [1.54, 1.807) is 12.1 Å². The molecule has 0 aromatic heterocycles. The van der Waals surface area contributed by atoms with Crippen LogP contribution in [0.3, 0.4) is 0 Å². The highest BCUT2D eigenvalue weighted by atomic mass is 16.6. The summed E-state index contributed by atoms with van der Waals surface area (Å²) < 4.78 is 0. The second-order valence-corrected chi connectivity index (χ2v) is 4.88. The van der Waals surface area contributed by atoms with Crippen molar-refractivity contribution >= 4 is 11.6 Å². The van der Waals surface area contributed by atoms with Gasteiger partial charge in [0.25, 0.3) is 5.69 Å². The first-order chi connectivity index (χ1) is 9.08. The van der Waals surface area contributed by atoms with Crippen molar-refractivity contribution in [1.82, 2.24) is 10.6 Å². The van der Waals surface area contributed by atoms with E-state index in [0.29, 0.717) is 19.0 Å². The number of rotatable bonds is 4. The predicted molar refractivity (Wildman–Crippen MR) is 70.5 cm³/mol. The summed E-state index contributed by atoms with van der Waals surface area (Å²) in [4.78, 5) is 22.0. The van der Waals surface area contributed by atoms with Crippen LogP contribution < -0.4 is 10.6 Å². The van der Waals surface area contributed by atoms with Gasteiger partial charge in [0.1, 0.15) is 0 Å². The molecular weight excluding hydrogens is 246 g/mol. The monoisotopic (exact) mass is 263 g/mol. The molecule has 1 fully saturated rings. The first-order valence-electron chi connectivity index (χ1n) is 6.29. The van der Waals surface area contributed by atoms with E-state index in [-0.39, 0.29) is 17.5 Å². The number of carbonyl (C=O) groups is 1. The van der Waals surface area contributed by atoms with Crippen LogP contribution in [0.25, 0.3) is 0 Å². The summed E-state index contributed by atoms with van der Waals surface area (Å²) in [6.45, 7) is 4.04. The van der Waals surface area contributed by atoms with E-state index < -0.39 is 4.92 Å². The van der Waals surface area contributed by atoms with Crippen LogP contribution in [-0.2, 0) is 11.3 Å². The third-order valence-electron chi connectivity index (χ3n) is 3.47. The highest BCUT2D eigenvalue weighted by molar-refractivity contribution is 5.79. The Morgan fingerprint density at radius 1 is 1.42 bits per heavy atom. The molecule has 1 heterocycles. The van der Waals surface area contributed by atoms with Crippen molar-refractivity contribution in [3.63, 3.8) is 0 Å².